The van der Waals surface area contributed by atoms with Crippen LogP contribution in [0.1, 0.15) is 18.0 Å². The molecule has 0 saturated heterocycles. The van der Waals surface area contributed by atoms with E-state index in [9.17, 15) is 0 Å². The molecule has 76 valence electrons. The molecule has 1 aromatic rings. The van der Waals surface area contributed by atoms with E-state index in [0.717, 1.165) is 12.0 Å². The van der Waals surface area contributed by atoms with Crippen molar-refractivity contribution in [3.05, 3.63) is 42.5 Å². The zero-order valence-electron chi connectivity index (χ0n) is 8.90. The van der Waals surface area contributed by atoms with Gasteiger partial charge < -0.3 is 10.6 Å². The molecule has 2 heteroatoms. The molecule has 14 heavy (non-hydrogen) atoms. The second kappa shape index (κ2) is 4.82. The molecule has 0 fully saturated rings. The highest BCUT2D eigenvalue weighted by atomic mass is 15.1. The molecule has 0 spiro atoms. The number of hydrogen-bond acceptors (Lipinski definition) is 2. The van der Waals surface area contributed by atoms with E-state index in [2.05, 4.69) is 35.7 Å². The normalized spacial score (nSPS) is 12.2. The number of benzene rings is 1. The molecule has 0 aromatic heterocycles. The molecule has 2 N–H and O–H groups in total. The van der Waals surface area contributed by atoms with E-state index in [1.54, 1.807) is 0 Å². The molecule has 0 heterocycles. The Morgan fingerprint density at radius 3 is 2.36 bits per heavy atom. The van der Waals surface area contributed by atoms with Crippen molar-refractivity contribution in [1.29, 1.82) is 0 Å². The van der Waals surface area contributed by atoms with Crippen LogP contribution in [-0.4, -0.2) is 14.1 Å². The Morgan fingerprint density at radius 2 is 1.93 bits per heavy atom. The summed E-state index contributed by atoms with van der Waals surface area (Å²) < 4.78 is 0. The first-order valence-corrected chi connectivity index (χ1v) is 4.79. The van der Waals surface area contributed by atoms with Gasteiger partial charge in [0.25, 0.3) is 0 Å². The van der Waals surface area contributed by atoms with Gasteiger partial charge in [0.15, 0.2) is 0 Å². The van der Waals surface area contributed by atoms with E-state index in [-0.39, 0.29) is 6.04 Å². The zero-order chi connectivity index (χ0) is 10.6. The summed E-state index contributed by atoms with van der Waals surface area (Å²) in [5, 5.41) is 0. The SMILES string of the molecule is C=CC[C@H](N)c1ccc(N(C)C)cc1. The molecule has 0 saturated carbocycles. The molecular formula is C12H18N2. The maximum atomic E-state index is 5.95. The van der Waals surface area contributed by atoms with Gasteiger partial charge in [-0.25, -0.2) is 0 Å². The Kier molecular flexibility index (Phi) is 3.72. The molecule has 0 unspecified atom stereocenters. The average Bonchev–Trinajstić information content (AvgIpc) is 2.18. The molecule has 2 nitrogen and oxygen atoms in total. The van der Waals surface area contributed by atoms with Crippen molar-refractivity contribution in [3.8, 4) is 0 Å². The summed E-state index contributed by atoms with van der Waals surface area (Å²) in [5.41, 5.74) is 8.30. The minimum atomic E-state index is 0.0729. The van der Waals surface area contributed by atoms with E-state index in [4.69, 9.17) is 5.73 Å². The molecule has 0 amide bonds. The molecule has 0 aliphatic rings. The van der Waals surface area contributed by atoms with Crippen LogP contribution in [0.4, 0.5) is 5.69 Å². The van der Waals surface area contributed by atoms with Gasteiger partial charge in [0.05, 0.1) is 0 Å². The van der Waals surface area contributed by atoms with Crippen LogP contribution >= 0.6 is 0 Å². The van der Waals surface area contributed by atoms with Crippen LogP contribution in [0.5, 0.6) is 0 Å². The van der Waals surface area contributed by atoms with E-state index in [1.165, 1.54) is 5.69 Å². The summed E-state index contributed by atoms with van der Waals surface area (Å²) >= 11 is 0. The quantitative estimate of drug-likeness (QED) is 0.738. The van der Waals surface area contributed by atoms with Crippen LogP contribution < -0.4 is 10.6 Å². The number of anilines is 1. The average molecular weight is 190 g/mol. The minimum Gasteiger partial charge on any atom is -0.378 e. The zero-order valence-corrected chi connectivity index (χ0v) is 8.90. The van der Waals surface area contributed by atoms with Gasteiger partial charge in [-0.15, -0.1) is 6.58 Å². The summed E-state index contributed by atoms with van der Waals surface area (Å²) in [4.78, 5) is 2.07. The molecule has 1 rings (SSSR count). The number of hydrogen-bond donors (Lipinski definition) is 1. The summed E-state index contributed by atoms with van der Waals surface area (Å²) in [5.74, 6) is 0. The number of nitrogens with zero attached hydrogens (tertiary/aromatic N) is 1. The van der Waals surface area contributed by atoms with Crippen LogP contribution in [0.3, 0.4) is 0 Å². The standard InChI is InChI=1S/C12H18N2/c1-4-5-12(13)10-6-8-11(9-7-10)14(2)3/h4,6-9,12H,1,5,13H2,2-3H3/t12-/m0/s1. The van der Waals surface area contributed by atoms with Crippen molar-refractivity contribution in [1.82, 2.24) is 0 Å². The highest BCUT2D eigenvalue weighted by molar-refractivity contribution is 5.46. The monoisotopic (exact) mass is 190 g/mol. The van der Waals surface area contributed by atoms with Crippen LogP contribution in [0.15, 0.2) is 36.9 Å². The predicted octanol–water partition coefficient (Wildman–Crippen LogP) is 2.33. The topological polar surface area (TPSA) is 29.3 Å². The number of nitrogens with two attached hydrogens (primary N) is 1. The number of rotatable bonds is 4. The van der Waals surface area contributed by atoms with Crippen LogP contribution in [-0.2, 0) is 0 Å². The molecule has 0 radical (unpaired) electrons. The first-order chi connectivity index (χ1) is 6.65. The Morgan fingerprint density at radius 1 is 1.36 bits per heavy atom. The smallest absolute Gasteiger partial charge is 0.0361 e. The van der Waals surface area contributed by atoms with Gasteiger partial charge in [-0.2, -0.15) is 0 Å². The van der Waals surface area contributed by atoms with Gasteiger partial charge in [-0.3, -0.25) is 0 Å². The third-order valence-corrected chi connectivity index (χ3v) is 2.26. The molecule has 0 aliphatic carbocycles. The second-order valence-electron chi connectivity index (χ2n) is 3.62. The van der Waals surface area contributed by atoms with Crippen LogP contribution in [0.25, 0.3) is 0 Å². The van der Waals surface area contributed by atoms with Crippen molar-refractivity contribution >= 4 is 5.69 Å². The summed E-state index contributed by atoms with van der Waals surface area (Å²) in [6.07, 6.45) is 2.67. The van der Waals surface area contributed by atoms with Crippen LogP contribution in [0, 0.1) is 0 Å². The Balaban J connectivity index is 2.77. The van der Waals surface area contributed by atoms with Gasteiger partial charge in [0.1, 0.15) is 0 Å². The predicted molar refractivity (Wildman–Crippen MR) is 62.5 cm³/mol. The van der Waals surface area contributed by atoms with Gasteiger partial charge in [0, 0.05) is 25.8 Å². The summed E-state index contributed by atoms with van der Waals surface area (Å²) in [7, 11) is 4.05. The lowest BCUT2D eigenvalue weighted by Crippen LogP contribution is -2.11. The van der Waals surface area contributed by atoms with Gasteiger partial charge >= 0.3 is 0 Å². The maximum absolute atomic E-state index is 5.95. The largest absolute Gasteiger partial charge is 0.378 e. The minimum absolute atomic E-state index is 0.0729. The van der Waals surface area contributed by atoms with Crippen molar-refractivity contribution in [2.45, 2.75) is 12.5 Å². The third kappa shape index (κ3) is 2.60. The maximum Gasteiger partial charge on any atom is 0.0361 e. The van der Waals surface area contributed by atoms with Crippen molar-refractivity contribution in [3.63, 3.8) is 0 Å². The molecular weight excluding hydrogens is 172 g/mol. The van der Waals surface area contributed by atoms with Gasteiger partial charge in [-0.05, 0) is 24.1 Å². The molecule has 1 atom stereocenters. The first-order valence-electron chi connectivity index (χ1n) is 4.79. The first kappa shape index (κ1) is 10.8. The summed E-state index contributed by atoms with van der Waals surface area (Å²) in [6, 6.07) is 8.38. The lowest BCUT2D eigenvalue weighted by Gasteiger charge is -2.14. The molecule has 0 aliphatic heterocycles. The second-order valence-corrected chi connectivity index (χ2v) is 3.62. The highest BCUT2D eigenvalue weighted by Gasteiger charge is 2.03. The summed E-state index contributed by atoms with van der Waals surface area (Å²) in [6.45, 7) is 3.68. The van der Waals surface area contributed by atoms with Crippen molar-refractivity contribution in [2.75, 3.05) is 19.0 Å². The van der Waals surface area contributed by atoms with E-state index >= 15 is 0 Å². The molecule has 0 bridgehead atoms. The Labute approximate surface area is 86.0 Å². The van der Waals surface area contributed by atoms with Crippen molar-refractivity contribution < 1.29 is 0 Å². The van der Waals surface area contributed by atoms with Crippen LogP contribution in [0.2, 0.25) is 0 Å². The fourth-order valence-electron chi connectivity index (χ4n) is 1.34. The Hall–Kier alpha value is -1.28. The van der Waals surface area contributed by atoms with E-state index in [0.29, 0.717) is 0 Å². The fraction of sp³-hybridized carbons (Fsp3) is 0.333. The molecule has 1 aromatic carbocycles. The van der Waals surface area contributed by atoms with Crippen molar-refractivity contribution in [2.24, 2.45) is 5.73 Å². The third-order valence-electron chi connectivity index (χ3n) is 2.26. The lowest BCUT2D eigenvalue weighted by molar-refractivity contribution is 0.742. The van der Waals surface area contributed by atoms with Gasteiger partial charge in [-0.1, -0.05) is 18.2 Å². The van der Waals surface area contributed by atoms with E-state index in [1.807, 2.05) is 20.2 Å². The van der Waals surface area contributed by atoms with E-state index < -0.39 is 0 Å². The van der Waals surface area contributed by atoms with Gasteiger partial charge in [0.2, 0.25) is 0 Å². The Bertz CT molecular complexity index is 288. The lowest BCUT2D eigenvalue weighted by atomic mass is 10.0. The fourth-order valence-corrected chi connectivity index (χ4v) is 1.34. The highest BCUT2D eigenvalue weighted by Crippen LogP contribution is 2.18.